The average molecular weight is 244 g/mol. The van der Waals surface area contributed by atoms with E-state index in [0.29, 0.717) is 6.54 Å². The van der Waals surface area contributed by atoms with E-state index in [9.17, 15) is 9.59 Å². The van der Waals surface area contributed by atoms with Crippen LogP contribution in [0.1, 0.15) is 40.0 Å². The number of rotatable bonds is 8. The summed E-state index contributed by atoms with van der Waals surface area (Å²) in [5.74, 6) is -0.921. The first-order valence-corrected chi connectivity index (χ1v) is 6.17. The molecular weight excluding hydrogens is 220 g/mol. The topological polar surface area (TPSA) is 92.4 Å². The van der Waals surface area contributed by atoms with Gasteiger partial charge in [-0.2, -0.15) is 0 Å². The normalized spacial score (nSPS) is 16.0. The molecule has 0 saturated carbocycles. The fourth-order valence-electron chi connectivity index (χ4n) is 1.48. The van der Waals surface area contributed by atoms with Gasteiger partial charge in [0.15, 0.2) is 0 Å². The highest BCUT2D eigenvalue weighted by Gasteiger charge is 2.20. The molecule has 0 aromatic heterocycles. The van der Waals surface area contributed by atoms with Crippen LogP contribution in [0.4, 0.5) is 0 Å². The van der Waals surface area contributed by atoms with E-state index in [1.54, 1.807) is 0 Å². The summed E-state index contributed by atoms with van der Waals surface area (Å²) in [5, 5.41) is 11.4. The number of hydrogen-bond acceptors (Lipinski definition) is 3. The van der Waals surface area contributed by atoms with Gasteiger partial charge in [0, 0.05) is 13.0 Å². The zero-order valence-electron chi connectivity index (χ0n) is 10.9. The third-order valence-corrected chi connectivity index (χ3v) is 3.17. The van der Waals surface area contributed by atoms with Crippen LogP contribution in [0.2, 0.25) is 0 Å². The molecule has 100 valence electrons. The molecule has 4 N–H and O–H groups in total. The number of nitrogens with one attached hydrogen (secondary N) is 1. The van der Waals surface area contributed by atoms with Gasteiger partial charge in [0.1, 0.15) is 0 Å². The molecule has 3 atom stereocenters. The van der Waals surface area contributed by atoms with E-state index in [2.05, 4.69) is 5.32 Å². The number of nitrogens with two attached hydrogens (primary N) is 1. The fraction of sp³-hybridized carbons (Fsp3) is 0.833. The third-order valence-electron chi connectivity index (χ3n) is 3.17. The summed E-state index contributed by atoms with van der Waals surface area (Å²) in [6.07, 6.45) is 1.65. The van der Waals surface area contributed by atoms with Gasteiger partial charge in [0.05, 0.1) is 6.04 Å². The number of carboxylic acids is 1. The molecule has 0 aliphatic rings. The Morgan fingerprint density at radius 2 is 1.88 bits per heavy atom. The second-order valence-electron chi connectivity index (χ2n) is 4.53. The Hall–Kier alpha value is -1.10. The van der Waals surface area contributed by atoms with E-state index in [4.69, 9.17) is 10.8 Å². The van der Waals surface area contributed by atoms with E-state index >= 15 is 0 Å². The molecule has 0 aromatic carbocycles. The first kappa shape index (κ1) is 15.9. The van der Waals surface area contributed by atoms with Gasteiger partial charge in [-0.3, -0.25) is 9.59 Å². The lowest BCUT2D eigenvalue weighted by atomic mass is 9.98. The molecule has 0 aliphatic carbocycles. The van der Waals surface area contributed by atoms with Gasteiger partial charge in [0.25, 0.3) is 0 Å². The Balaban J connectivity index is 4.08. The van der Waals surface area contributed by atoms with Crippen molar-refractivity contribution in [2.45, 2.75) is 46.1 Å². The van der Waals surface area contributed by atoms with E-state index < -0.39 is 12.0 Å². The lowest BCUT2D eigenvalue weighted by Crippen LogP contribution is -2.46. The summed E-state index contributed by atoms with van der Waals surface area (Å²) in [7, 11) is 0. The number of amides is 1. The molecule has 5 heteroatoms. The van der Waals surface area contributed by atoms with Crippen molar-refractivity contribution in [2.24, 2.45) is 17.6 Å². The predicted octanol–water partition coefficient (Wildman–Crippen LogP) is 0.977. The molecule has 0 fully saturated rings. The quantitative estimate of drug-likeness (QED) is 0.593. The Bertz CT molecular complexity index is 256. The van der Waals surface area contributed by atoms with Crippen molar-refractivity contribution in [1.82, 2.24) is 5.32 Å². The Morgan fingerprint density at radius 3 is 2.29 bits per heavy atom. The molecule has 17 heavy (non-hydrogen) atoms. The van der Waals surface area contributed by atoms with Crippen LogP contribution in [0.3, 0.4) is 0 Å². The lowest BCUT2D eigenvalue weighted by Gasteiger charge is -2.19. The number of aliphatic carboxylic acids is 1. The van der Waals surface area contributed by atoms with Crippen LogP contribution in [0.25, 0.3) is 0 Å². The lowest BCUT2D eigenvalue weighted by molar-refractivity contribution is -0.138. The first-order valence-electron chi connectivity index (χ1n) is 6.17. The van der Waals surface area contributed by atoms with Crippen LogP contribution >= 0.6 is 0 Å². The van der Waals surface area contributed by atoms with Crippen molar-refractivity contribution >= 4 is 11.9 Å². The maximum Gasteiger partial charge on any atom is 0.303 e. The van der Waals surface area contributed by atoms with Gasteiger partial charge in [0.2, 0.25) is 5.91 Å². The van der Waals surface area contributed by atoms with Crippen molar-refractivity contribution in [3.05, 3.63) is 0 Å². The average Bonchev–Trinajstić information content (AvgIpc) is 2.31. The first-order chi connectivity index (χ1) is 7.92. The summed E-state index contributed by atoms with van der Waals surface area (Å²) in [5.41, 5.74) is 5.77. The molecule has 5 nitrogen and oxygen atoms in total. The van der Waals surface area contributed by atoms with Gasteiger partial charge >= 0.3 is 5.97 Å². The molecule has 2 unspecified atom stereocenters. The standard InChI is InChI=1S/C12H24N2O3/c1-4-8(3)11(13)12(17)14-7-9(5-2)6-10(15)16/h8-9,11H,4-7,13H2,1-3H3,(H,14,17)(H,15,16)/t8?,9?,11-/m0/s1. The van der Waals surface area contributed by atoms with Crippen molar-refractivity contribution in [2.75, 3.05) is 6.54 Å². The predicted molar refractivity (Wildman–Crippen MR) is 66.5 cm³/mol. The number of hydrogen-bond donors (Lipinski definition) is 3. The van der Waals surface area contributed by atoms with Gasteiger partial charge in [-0.25, -0.2) is 0 Å². The molecule has 1 amide bonds. The minimum atomic E-state index is -0.836. The molecule has 0 bridgehead atoms. The summed E-state index contributed by atoms with van der Waals surface area (Å²) in [4.78, 5) is 22.2. The molecule has 0 aromatic rings. The highest BCUT2D eigenvalue weighted by molar-refractivity contribution is 5.81. The Labute approximate surface area is 103 Å². The fourth-order valence-corrected chi connectivity index (χ4v) is 1.48. The van der Waals surface area contributed by atoms with Gasteiger partial charge in [-0.05, 0) is 11.8 Å². The molecule has 0 saturated heterocycles. The number of carbonyl (C=O) groups excluding carboxylic acids is 1. The van der Waals surface area contributed by atoms with Crippen molar-refractivity contribution in [1.29, 1.82) is 0 Å². The summed E-state index contributed by atoms with van der Waals surface area (Å²) >= 11 is 0. The maximum absolute atomic E-state index is 11.7. The molecule has 0 rings (SSSR count). The third kappa shape index (κ3) is 6.26. The molecule has 0 spiro atoms. The van der Waals surface area contributed by atoms with Crippen LogP contribution in [-0.4, -0.2) is 29.6 Å². The van der Waals surface area contributed by atoms with E-state index in [1.165, 1.54) is 0 Å². The Kier molecular flexibility index (Phi) is 7.54. The van der Waals surface area contributed by atoms with E-state index in [-0.39, 0.29) is 24.2 Å². The molecule has 0 aliphatic heterocycles. The van der Waals surface area contributed by atoms with Crippen LogP contribution in [0.15, 0.2) is 0 Å². The summed E-state index contributed by atoms with van der Waals surface area (Å²) < 4.78 is 0. The number of carboxylic acid groups (broad SMARTS) is 1. The molecule has 0 heterocycles. The van der Waals surface area contributed by atoms with Crippen molar-refractivity contribution in [3.63, 3.8) is 0 Å². The molecular formula is C12H24N2O3. The summed E-state index contributed by atoms with van der Waals surface area (Å²) in [6, 6.07) is -0.512. The van der Waals surface area contributed by atoms with Crippen LogP contribution < -0.4 is 11.1 Å². The Morgan fingerprint density at radius 1 is 1.29 bits per heavy atom. The maximum atomic E-state index is 11.7. The highest BCUT2D eigenvalue weighted by Crippen LogP contribution is 2.08. The minimum Gasteiger partial charge on any atom is -0.481 e. The second kappa shape index (κ2) is 8.06. The van der Waals surface area contributed by atoms with Gasteiger partial charge in [-0.1, -0.05) is 33.6 Å². The van der Waals surface area contributed by atoms with Crippen molar-refractivity contribution < 1.29 is 14.7 Å². The number of carbonyl (C=O) groups is 2. The zero-order valence-corrected chi connectivity index (χ0v) is 10.9. The van der Waals surface area contributed by atoms with Crippen molar-refractivity contribution in [3.8, 4) is 0 Å². The van der Waals surface area contributed by atoms with E-state index in [0.717, 1.165) is 12.8 Å². The zero-order chi connectivity index (χ0) is 13.4. The van der Waals surface area contributed by atoms with Gasteiger partial charge in [-0.15, -0.1) is 0 Å². The monoisotopic (exact) mass is 244 g/mol. The van der Waals surface area contributed by atoms with Crippen LogP contribution in [-0.2, 0) is 9.59 Å². The smallest absolute Gasteiger partial charge is 0.303 e. The van der Waals surface area contributed by atoms with E-state index in [1.807, 2.05) is 20.8 Å². The minimum absolute atomic E-state index is 0.0272. The van der Waals surface area contributed by atoms with Gasteiger partial charge < -0.3 is 16.2 Å². The molecule has 0 radical (unpaired) electrons. The summed E-state index contributed by atoms with van der Waals surface area (Å²) in [6.45, 7) is 6.20. The SMILES string of the molecule is CCC(CNC(=O)[C@@H](N)C(C)CC)CC(=O)O. The van der Waals surface area contributed by atoms with Crippen LogP contribution in [0, 0.1) is 11.8 Å². The highest BCUT2D eigenvalue weighted by atomic mass is 16.4. The van der Waals surface area contributed by atoms with Crippen LogP contribution in [0.5, 0.6) is 0 Å². The second-order valence-corrected chi connectivity index (χ2v) is 4.53. The largest absolute Gasteiger partial charge is 0.481 e.